The lowest BCUT2D eigenvalue weighted by molar-refractivity contribution is 0.901. The number of rotatable bonds is 4. The van der Waals surface area contributed by atoms with Crippen molar-refractivity contribution < 1.29 is 0 Å². The monoisotopic (exact) mass is 444 g/mol. The number of pyridine rings is 3. The van der Waals surface area contributed by atoms with E-state index in [9.17, 15) is 9.59 Å². The molecule has 0 unspecified atom stereocenters. The fourth-order valence-electron chi connectivity index (χ4n) is 3.70. The summed E-state index contributed by atoms with van der Waals surface area (Å²) in [4.78, 5) is 35.5. The van der Waals surface area contributed by atoms with Crippen LogP contribution in [0.2, 0.25) is 0 Å². The number of fused-ring (bicyclic) bond motifs is 2. The summed E-state index contributed by atoms with van der Waals surface area (Å²) in [6.07, 6.45) is 3.34. The standard InChI is InChI=1S/C23H20N6O2S/c1-4-32-23-25-22(26-27-23)29-10-8-18-16(21(29)31)12-15-17(24-18)7-9-28(20(15)30)19-11-13(2)5-6-14(19)3/h5-12H,4H2,1-3H3,(H,25,26,27). The molecule has 0 bridgehead atoms. The summed E-state index contributed by atoms with van der Waals surface area (Å²) in [5.41, 5.74) is 3.38. The van der Waals surface area contributed by atoms with Crippen molar-refractivity contribution in [3.8, 4) is 11.6 Å². The van der Waals surface area contributed by atoms with Gasteiger partial charge in [0.2, 0.25) is 11.1 Å². The molecule has 1 aromatic carbocycles. The van der Waals surface area contributed by atoms with E-state index < -0.39 is 0 Å². The third-order valence-corrected chi connectivity index (χ3v) is 6.05. The first-order chi connectivity index (χ1) is 15.5. The number of thioether (sulfide) groups is 1. The maximum Gasteiger partial charge on any atom is 0.266 e. The molecule has 0 spiro atoms. The SMILES string of the molecule is CCSc1n[nH]c(-n2ccc3nc4ccn(-c5cc(C)ccc5C)c(=O)c4cc3c2=O)n1. The van der Waals surface area contributed by atoms with E-state index in [1.807, 2.05) is 39.0 Å². The second-order valence-electron chi connectivity index (χ2n) is 7.50. The van der Waals surface area contributed by atoms with Gasteiger partial charge in [-0.2, -0.15) is 4.98 Å². The lowest BCUT2D eigenvalue weighted by atomic mass is 10.1. The summed E-state index contributed by atoms with van der Waals surface area (Å²) in [5.74, 6) is 1.15. The first-order valence-electron chi connectivity index (χ1n) is 10.2. The van der Waals surface area contributed by atoms with Crippen molar-refractivity contribution in [3.05, 3.63) is 80.6 Å². The number of H-pyrrole nitrogens is 1. The summed E-state index contributed by atoms with van der Waals surface area (Å²) < 4.78 is 2.99. The predicted octanol–water partition coefficient (Wildman–Crippen LogP) is 3.54. The number of benzene rings is 1. The van der Waals surface area contributed by atoms with E-state index in [0.717, 1.165) is 22.6 Å². The second kappa shape index (κ2) is 7.76. The number of hydrogen-bond acceptors (Lipinski definition) is 6. The molecule has 160 valence electrons. The first kappa shape index (κ1) is 20.2. The Morgan fingerprint density at radius 1 is 0.906 bits per heavy atom. The molecular formula is C23H20N6O2S. The molecular weight excluding hydrogens is 424 g/mol. The minimum Gasteiger partial charge on any atom is -0.283 e. The number of aryl methyl sites for hydroxylation is 2. The Kier molecular flexibility index (Phi) is 4.90. The van der Waals surface area contributed by atoms with Crippen LogP contribution in [0.15, 0.2) is 63.5 Å². The van der Waals surface area contributed by atoms with Crippen LogP contribution in [0.3, 0.4) is 0 Å². The first-order valence-corrected chi connectivity index (χ1v) is 11.2. The van der Waals surface area contributed by atoms with Gasteiger partial charge in [-0.25, -0.2) is 10.1 Å². The number of nitrogens with zero attached hydrogens (tertiary/aromatic N) is 5. The molecule has 9 heteroatoms. The Morgan fingerprint density at radius 2 is 1.59 bits per heavy atom. The third-order valence-electron chi connectivity index (χ3n) is 5.32. The Morgan fingerprint density at radius 3 is 2.31 bits per heavy atom. The number of hydrogen-bond donors (Lipinski definition) is 1. The summed E-state index contributed by atoms with van der Waals surface area (Å²) in [7, 11) is 0. The van der Waals surface area contributed by atoms with Gasteiger partial charge in [0.1, 0.15) is 0 Å². The quantitative estimate of drug-likeness (QED) is 0.336. The van der Waals surface area contributed by atoms with Crippen molar-refractivity contribution >= 4 is 33.6 Å². The zero-order valence-corrected chi connectivity index (χ0v) is 18.6. The Balaban J connectivity index is 1.72. The molecule has 5 aromatic rings. The Bertz CT molecular complexity index is 1620. The van der Waals surface area contributed by atoms with Gasteiger partial charge >= 0.3 is 0 Å². The Labute approximate surface area is 187 Å². The van der Waals surface area contributed by atoms with Crippen LogP contribution in [0.4, 0.5) is 0 Å². The molecule has 0 aliphatic heterocycles. The number of nitrogens with one attached hydrogen (secondary N) is 1. The van der Waals surface area contributed by atoms with Crippen molar-refractivity contribution in [3.63, 3.8) is 0 Å². The molecule has 5 rings (SSSR count). The van der Waals surface area contributed by atoms with Gasteiger partial charge in [0.05, 0.1) is 27.5 Å². The topological polar surface area (TPSA) is 98.5 Å². The zero-order chi connectivity index (χ0) is 22.4. The van der Waals surface area contributed by atoms with Gasteiger partial charge in [-0.05, 0) is 55.0 Å². The molecule has 0 amide bonds. The highest BCUT2D eigenvalue weighted by atomic mass is 32.2. The van der Waals surface area contributed by atoms with Crippen molar-refractivity contribution in [2.45, 2.75) is 25.9 Å². The molecule has 4 heterocycles. The van der Waals surface area contributed by atoms with Gasteiger partial charge in [0.25, 0.3) is 11.1 Å². The molecule has 0 fully saturated rings. The van der Waals surface area contributed by atoms with E-state index in [-0.39, 0.29) is 11.1 Å². The molecule has 0 aliphatic carbocycles. The second-order valence-corrected chi connectivity index (χ2v) is 8.73. The smallest absolute Gasteiger partial charge is 0.266 e. The van der Waals surface area contributed by atoms with Gasteiger partial charge in [-0.3, -0.25) is 18.7 Å². The zero-order valence-electron chi connectivity index (χ0n) is 17.8. The van der Waals surface area contributed by atoms with E-state index in [2.05, 4.69) is 20.2 Å². The van der Waals surface area contributed by atoms with Crippen LogP contribution in [0.25, 0.3) is 33.4 Å². The fraction of sp³-hybridized carbons (Fsp3) is 0.174. The van der Waals surface area contributed by atoms with E-state index in [1.165, 1.54) is 16.3 Å². The summed E-state index contributed by atoms with van der Waals surface area (Å²) in [5, 5.41) is 8.22. The van der Waals surface area contributed by atoms with Crippen molar-refractivity contribution in [1.29, 1.82) is 0 Å². The average molecular weight is 445 g/mol. The fourth-order valence-corrected chi connectivity index (χ4v) is 4.22. The van der Waals surface area contributed by atoms with Crippen molar-refractivity contribution in [1.82, 2.24) is 29.3 Å². The van der Waals surface area contributed by atoms with Crippen molar-refractivity contribution in [2.24, 2.45) is 0 Å². The Hall–Kier alpha value is -3.72. The largest absolute Gasteiger partial charge is 0.283 e. The van der Waals surface area contributed by atoms with Gasteiger partial charge in [-0.15, -0.1) is 5.10 Å². The molecule has 0 atom stereocenters. The van der Waals surface area contributed by atoms with Crippen molar-refractivity contribution in [2.75, 3.05) is 5.75 Å². The van der Waals surface area contributed by atoms with Crippen LogP contribution >= 0.6 is 11.8 Å². The molecule has 4 aromatic heterocycles. The van der Waals surface area contributed by atoms with Crippen LogP contribution in [0.1, 0.15) is 18.1 Å². The average Bonchev–Trinajstić information content (AvgIpc) is 3.24. The van der Waals surface area contributed by atoms with E-state index in [4.69, 9.17) is 0 Å². The summed E-state index contributed by atoms with van der Waals surface area (Å²) >= 11 is 1.48. The maximum absolute atomic E-state index is 13.4. The molecule has 0 saturated heterocycles. The van der Waals surface area contributed by atoms with E-state index >= 15 is 0 Å². The van der Waals surface area contributed by atoms with Crippen LogP contribution in [0.5, 0.6) is 0 Å². The van der Waals surface area contributed by atoms with Crippen LogP contribution in [-0.4, -0.2) is 35.1 Å². The minimum absolute atomic E-state index is 0.221. The van der Waals surface area contributed by atoms with Crippen LogP contribution < -0.4 is 11.1 Å². The number of aromatic nitrogens is 6. The number of aromatic amines is 1. The highest BCUT2D eigenvalue weighted by molar-refractivity contribution is 7.99. The molecule has 0 saturated carbocycles. The van der Waals surface area contributed by atoms with E-state index in [1.54, 1.807) is 35.2 Å². The highest BCUT2D eigenvalue weighted by Crippen LogP contribution is 2.19. The maximum atomic E-state index is 13.4. The van der Waals surface area contributed by atoms with Crippen LogP contribution in [-0.2, 0) is 0 Å². The molecule has 32 heavy (non-hydrogen) atoms. The van der Waals surface area contributed by atoms with Gasteiger partial charge in [0.15, 0.2) is 0 Å². The summed E-state index contributed by atoms with van der Waals surface area (Å²) in [6.45, 7) is 5.95. The molecule has 0 radical (unpaired) electrons. The molecule has 1 N–H and O–H groups in total. The molecule has 8 nitrogen and oxygen atoms in total. The lowest BCUT2D eigenvalue weighted by Crippen LogP contribution is -2.21. The summed E-state index contributed by atoms with van der Waals surface area (Å²) in [6, 6.07) is 11.1. The third kappa shape index (κ3) is 3.31. The van der Waals surface area contributed by atoms with Crippen LogP contribution in [0, 0.1) is 13.8 Å². The normalized spacial score (nSPS) is 11.5. The minimum atomic E-state index is -0.317. The van der Waals surface area contributed by atoms with E-state index in [0.29, 0.717) is 32.9 Å². The molecule has 0 aliphatic rings. The van der Waals surface area contributed by atoms with Gasteiger partial charge < -0.3 is 0 Å². The van der Waals surface area contributed by atoms with Gasteiger partial charge in [0, 0.05) is 12.4 Å². The van der Waals surface area contributed by atoms with Gasteiger partial charge in [-0.1, -0.05) is 30.8 Å². The lowest BCUT2D eigenvalue weighted by Gasteiger charge is -2.11. The predicted molar refractivity (Wildman–Crippen MR) is 126 cm³/mol. The highest BCUT2D eigenvalue weighted by Gasteiger charge is 2.14.